The maximum atomic E-state index is 13.2. The number of hydrogen-bond donors (Lipinski definition) is 1. The Bertz CT molecular complexity index is 737. The topological polar surface area (TPSA) is 81.5 Å². The van der Waals surface area contributed by atoms with Crippen LogP contribution >= 0.6 is 0 Å². The first-order valence-corrected chi connectivity index (χ1v) is 7.85. The highest BCUT2D eigenvalue weighted by atomic mass is 19.1. The SMILES string of the molecule is C[C@@H](CCc1ccccc1)NC(=O)COc1cc(F)ccc1[N+](=O)[O-]. The Labute approximate surface area is 144 Å². The second kappa shape index (κ2) is 8.77. The van der Waals surface area contributed by atoms with Crippen molar-refractivity contribution in [3.8, 4) is 5.75 Å². The molecule has 1 atom stereocenters. The van der Waals surface area contributed by atoms with Crippen molar-refractivity contribution in [2.24, 2.45) is 0 Å². The lowest BCUT2D eigenvalue weighted by atomic mass is 10.1. The quantitative estimate of drug-likeness (QED) is 0.588. The number of hydrogen-bond acceptors (Lipinski definition) is 4. The van der Waals surface area contributed by atoms with Gasteiger partial charge in [0.25, 0.3) is 5.91 Å². The molecule has 0 radical (unpaired) electrons. The third-order valence-electron chi connectivity index (χ3n) is 3.59. The van der Waals surface area contributed by atoms with E-state index in [2.05, 4.69) is 5.32 Å². The highest BCUT2D eigenvalue weighted by Crippen LogP contribution is 2.27. The van der Waals surface area contributed by atoms with Gasteiger partial charge in [-0.2, -0.15) is 0 Å². The van der Waals surface area contributed by atoms with Gasteiger partial charge in [-0.15, -0.1) is 0 Å². The summed E-state index contributed by atoms with van der Waals surface area (Å²) in [6.07, 6.45) is 1.56. The molecule has 1 amide bonds. The van der Waals surface area contributed by atoms with Crippen molar-refractivity contribution in [3.05, 3.63) is 70.0 Å². The van der Waals surface area contributed by atoms with Gasteiger partial charge in [0.1, 0.15) is 5.82 Å². The first-order valence-electron chi connectivity index (χ1n) is 7.85. The minimum absolute atomic E-state index is 0.0844. The molecule has 132 valence electrons. The molecule has 0 fully saturated rings. The van der Waals surface area contributed by atoms with E-state index in [4.69, 9.17) is 4.74 Å². The summed E-state index contributed by atoms with van der Waals surface area (Å²) in [6.45, 7) is 1.45. The summed E-state index contributed by atoms with van der Waals surface area (Å²) >= 11 is 0. The molecular weight excluding hydrogens is 327 g/mol. The molecule has 0 saturated carbocycles. The Morgan fingerprint density at radius 1 is 1.28 bits per heavy atom. The van der Waals surface area contributed by atoms with Gasteiger partial charge in [-0.1, -0.05) is 30.3 Å². The van der Waals surface area contributed by atoms with Crippen LogP contribution in [0.25, 0.3) is 0 Å². The van der Waals surface area contributed by atoms with Gasteiger partial charge in [-0.3, -0.25) is 14.9 Å². The minimum Gasteiger partial charge on any atom is -0.477 e. The monoisotopic (exact) mass is 346 g/mol. The summed E-state index contributed by atoms with van der Waals surface area (Å²) in [7, 11) is 0. The minimum atomic E-state index is -0.685. The van der Waals surface area contributed by atoms with Crippen LogP contribution in [0.4, 0.5) is 10.1 Å². The van der Waals surface area contributed by atoms with Crippen molar-refractivity contribution >= 4 is 11.6 Å². The van der Waals surface area contributed by atoms with Gasteiger partial charge in [-0.05, 0) is 31.4 Å². The molecule has 0 unspecified atom stereocenters. The fourth-order valence-electron chi connectivity index (χ4n) is 2.31. The van der Waals surface area contributed by atoms with E-state index in [0.717, 1.165) is 31.0 Å². The molecule has 0 saturated heterocycles. The van der Waals surface area contributed by atoms with Gasteiger partial charge in [0.2, 0.25) is 5.75 Å². The molecule has 0 aromatic heterocycles. The lowest BCUT2D eigenvalue weighted by Gasteiger charge is -2.14. The Morgan fingerprint density at radius 3 is 2.68 bits per heavy atom. The zero-order valence-corrected chi connectivity index (χ0v) is 13.8. The van der Waals surface area contributed by atoms with Gasteiger partial charge < -0.3 is 10.1 Å². The van der Waals surface area contributed by atoms with Crippen LogP contribution in [0.5, 0.6) is 5.75 Å². The van der Waals surface area contributed by atoms with Crippen LogP contribution in [0.1, 0.15) is 18.9 Å². The van der Waals surface area contributed by atoms with Crippen molar-refractivity contribution in [2.75, 3.05) is 6.61 Å². The molecule has 0 aliphatic carbocycles. The highest BCUT2D eigenvalue weighted by molar-refractivity contribution is 5.78. The molecule has 2 aromatic carbocycles. The number of benzene rings is 2. The summed E-state index contributed by atoms with van der Waals surface area (Å²) in [5.74, 6) is -1.35. The third kappa shape index (κ3) is 5.87. The lowest BCUT2D eigenvalue weighted by Crippen LogP contribution is -2.36. The highest BCUT2D eigenvalue weighted by Gasteiger charge is 2.17. The number of ether oxygens (including phenoxy) is 1. The van der Waals surface area contributed by atoms with E-state index in [1.165, 1.54) is 5.56 Å². The van der Waals surface area contributed by atoms with Crippen molar-refractivity contribution < 1.29 is 18.8 Å². The summed E-state index contributed by atoms with van der Waals surface area (Å²) in [5.41, 5.74) is 0.793. The fraction of sp³-hybridized carbons (Fsp3) is 0.278. The maximum absolute atomic E-state index is 13.2. The predicted octanol–water partition coefficient (Wildman–Crippen LogP) is 3.25. The first kappa shape index (κ1) is 18.4. The smallest absolute Gasteiger partial charge is 0.311 e. The zero-order valence-electron chi connectivity index (χ0n) is 13.8. The Morgan fingerprint density at radius 2 is 2.00 bits per heavy atom. The van der Waals surface area contributed by atoms with Gasteiger partial charge in [0.05, 0.1) is 4.92 Å². The molecule has 0 aliphatic rings. The average molecular weight is 346 g/mol. The third-order valence-corrected chi connectivity index (χ3v) is 3.59. The van der Waals surface area contributed by atoms with Crippen molar-refractivity contribution in [1.82, 2.24) is 5.32 Å². The van der Waals surface area contributed by atoms with E-state index < -0.39 is 23.3 Å². The molecule has 25 heavy (non-hydrogen) atoms. The van der Waals surface area contributed by atoms with Crippen LogP contribution in [-0.4, -0.2) is 23.5 Å². The Hall–Kier alpha value is -2.96. The van der Waals surface area contributed by atoms with Crippen molar-refractivity contribution in [3.63, 3.8) is 0 Å². The molecular formula is C18H19FN2O4. The standard InChI is InChI=1S/C18H19FN2O4/c1-13(7-8-14-5-3-2-4-6-14)20-18(22)12-25-17-11-15(19)9-10-16(17)21(23)24/h2-6,9-11,13H,7-8,12H2,1H3,(H,20,22)/t13-/m0/s1. The number of nitro groups is 1. The van der Waals surface area contributed by atoms with E-state index >= 15 is 0 Å². The second-order valence-electron chi connectivity index (χ2n) is 5.65. The number of aryl methyl sites for hydroxylation is 1. The summed E-state index contributed by atoms with van der Waals surface area (Å²) in [6, 6.07) is 12.7. The van der Waals surface area contributed by atoms with Gasteiger partial charge in [0, 0.05) is 18.2 Å². The molecule has 0 bridgehead atoms. The number of carbonyl (C=O) groups is 1. The maximum Gasteiger partial charge on any atom is 0.311 e. The molecule has 7 heteroatoms. The van der Waals surface area contributed by atoms with Crippen LogP contribution in [-0.2, 0) is 11.2 Å². The zero-order chi connectivity index (χ0) is 18.2. The van der Waals surface area contributed by atoms with Crippen LogP contribution in [0.3, 0.4) is 0 Å². The van der Waals surface area contributed by atoms with Crippen molar-refractivity contribution in [1.29, 1.82) is 0 Å². The van der Waals surface area contributed by atoms with Crippen LogP contribution in [0.2, 0.25) is 0 Å². The molecule has 2 rings (SSSR count). The lowest BCUT2D eigenvalue weighted by molar-refractivity contribution is -0.385. The summed E-state index contributed by atoms with van der Waals surface area (Å²) in [5, 5.41) is 13.6. The number of nitrogens with zero attached hydrogens (tertiary/aromatic N) is 1. The number of amides is 1. The van der Waals surface area contributed by atoms with E-state index in [-0.39, 0.29) is 17.5 Å². The van der Waals surface area contributed by atoms with Crippen LogP contribution in [0.15, 0.2) is 48.5 Å². The molecule has 0 spiro atoms. The van der Waals surface area contributed by atoms with E-state index in [1.807, 2.05) is 37.3 Å². The van der Waals surface area contributed by atoms with Crippen LogP contribution < -0.4 is 10.1 Å². The number of nitrogens with one attached hydrogen (secondary N) is 1. The second-order valence-corrected chi connectivity index (χ2v) is 5.65. The van der Waals surface area contributed by atoms with Gasteiger partial charge in [-0.25, -0.2) is 4.39 Å². The summed E-state index contributed by atoms with van der Waals surface area (Å²) in [4.78, 5) is 22.1. The van der Waals surface area contributed by atoms with E-state index in [0.29, 0.717) is 0 Å². The Balaban J connectivity index is 1.82. The molecule has 6 nitrogen and oxygen atoms in total. The molecule has 0 aliphatic heterocycles. The van der Waals surface area contributed by atoms with E-state index in [1.54, 1.807) is 0 Å². The average Bonchev–Trinajstić information content (AvgIpc) is 2.59. The molecule has 0 heterocycles. The van der Waals surface area contributed by atoms with Crippen LogP contribution in [0, 0.1) is 15.9 Å². The largest absolute Gasteiger partial charge is 0.477 e. The summed E-state index contributed by atoms with van der Waals surface area (Å²) < 4.78 is 18.3. The number of rotatable bonds is 8. The normalized spacial score (nSPS) is 11.6. The first-order chi connectivity index (χ1) is 12.0. The van der Waals surface area contributed by atoms with E-state index in [9.17, 15) is 19.3 Å². The van der Waals surface area contributed by atoms with Gasteiger partial charge >= 0.3 is 5.69 Å². The van der Waals surface area contributed by atoms with Gasteiger partial charge in [0.15, 0.2) is 6.61 Å². The fourth-order valence-corrected chi connectivity index (χ4v) is 2.31. The van der Waals surface area contributed by atoms with Crippen molar-refractivity contribution in [2.45, 2.75) is 25.8 Å². The molecule has 2 aromatic rings. The number of nitro benzene ring substituents is 1. The number of carbonyl (C=O) groups excluding carboxylic acids is 1. The number of halogens is 1. The Kier molecular flexibility index (Phi) is 6.45. The molecule has 1 N–H and O–H groups in total. The predicted molar refractivity (Wildman–Crippen MR) is 90.9 cm³/mol.